The highest BCUT2D eigenvalue weighted by Crippen LogP contribution is 2.37. The van der Waals surface area contributed by atoms with Crippen LogP contribution in [0.1, 0.15) is 19.3 Å². The number of aromatic nitrogens is 1. The van der Waals surface area contributed by atoms with Gasteiger partial charge in [-0.25, -0.2) is 4.98 Å². The topological polar surface area (TPSA) is 41.3 Å². The highest BCUT2D eigenvalue weighted by Gasteiger charge is 2.28. The van der Waals surface area contributed by atoms with Crippen molar-refractivity contribution in [1.82, 2.24) is 4.98 Å². The van der Waals surface area contributed by atoms with Crippen LogP contribution in [0.3, 0.4) is 0 Å². The van der Waals surface area contributed by atoms with Crippen LogP contribution in [-0.2, 0) is 0 Å². The number of oxazole rings is 1. The quantitative estimate of drug-likeness (QED) is 0.754. The van der Waals surface area contributed by atoms with Gasteiger partial charge in [0, 0.05) is 25.2 Å². The largest absolute Gasteiger partial charge is 0.443 e. The maximum Gasteiger partial charge on any atom is 0.181 e. The zero-order valence-electron chi connectivity index (χ0n) is 9.65. The highest BCUT2D eigenvalue weighted by molar-refractivity contribution is 5.87. The lowest BCUT2D eigenvalue weighted by Gasteiger charge is -2.42. The molecule has 0 radical (unpaired) electrons. The van der Waals surface area contributed by atoms with Crippen molar-refractivity contribution in [1.29, 1.82) is 0 Å². The minimum absolute atomic E-state index is 0.653. The van der Waals surface area contributed by atoms with Crippen molar-refractivity contribution in [3.63, 3.8) is 0 Å². The van der Waals surface area contributed by atoms with Crippen LogP contribution in [0, 0.1) is 0 Å². The second-order valence-electron chi connectivity index (χ2n) is 4.91. The maximum absolute atomic E-state index is 5.35. The van der Waals surface area contributed by atoms with Crippen LogP contribution in [0.25, 0.3) is 11.1 Å². The number of hydrogen-bond acceptors (Lipinski definition) is 4. The first kappa shape index (κ1) is 9.33. The first-order chi connectivity index (χ1) is 8.42. The predicted octanol–water partition coefficient (Wildman–Crippen LogP) is 2.61. The van der Waals surface area contributed by atoms with E-state index in [1.807, 2.05) is 0 Å². The first-order valence-corrected chi connectivity index (χ1v) is 6.29. The Bertz CT molecular complexity index is 563. The number of anilines is 2. The molecule has 2 aliphatic rings. The molecule has 2 aliphatic heterocycles. The van der Waals surface area contributed by atoms with E-state index >= 15 is 0 Å². The Kier molecular flexibility index (Phi) is 1.86. The van der Waals surface area contributed by atoms with E-state index in [0.29, 0.717) is 6.04 Å². The van der Waals surface area contributed by atoms with Gasteiger partial charge in [-0.2, -0.15) is 0 Å². The van der Waals surface area contributed by atoms with Gasteiger partial charge in [0.2, 0.25) is 0 Å². The predicted molar refractivity (Wildman–Crippen MR) is 67.5 cm³/mol. The minimum atomic E-state index is 0.653. The van der Waals surface area contributed by atoms with Crippen molar-refractivity contribution in [3.05, 3.63) is 18.5 Å². The van der Waals surface area contributed by atoms with Gasteiger partial charge in [0.05, 0.1) is 11.4 Å². The van der Waals surface area contributed by atoms with Gasteiger partial charge in [-0.15, -0.1) is 0 Å². The van der Waals surface area contributed by atoms with E-state index in [-0.39, 0.29) is 0 Å². The van der Waals surface area contributed by atoms with Crippen LogP contribution < -0.4 is 10.2 Å². The molecule has 1 unspecified atom stereocenters. The standard InChI is InChI=1S/C13H15N3O/c1-2-4-16-9(3-1)7-14-10-6-13-11(5-12(10)16)15-8-17-13/h5-6,8-9,14H,1-4,7H2. The second kappa shape index (κ2) is 3.39. The fourth-order valence-corrected chi connectivity index (χ4v) is 3.03. The van der Waals surface area contributed by atoms with E-state index in [1.165, 1.54) is 43.6 Å². The summed E-state index contributed by atoms with van der Waals surface area (Å²) in [7, 11) is 0. The van der Waals surface area contributed by atoms with Gasteiger partial charge < -0.3 is 14.6 Å². The lowest BCUT2D eigenvalue weighted by atomic mass is 9.98. The molecule has 17 heavy (non-hydrogen) atoms. The SMILES string of the molecule is c1nc2cc3c(cc2o1)NCC1CCCCN31. The molecule has 4 rings (SSSR count). The number of rotatable bonds is 0. The van der Waals surface area contributed by atoms with Crippen LogP contribution in [0.4, 0.5) is 11.4 Å². The molecule has 88 valence electrons. The smallest absolute Gasteiger partial charge is 0.181 e. The van der Waals surface area contributed by atoms with Crippen molar-refractivity contribution in [2.24, 2.45) is 0 Å². The van der Waals surface area contributed by atoms with Crippen molar-refractivity contribution in [2.45, 2.75) is 25.3 Å². The molecule has 3 heterocycles. The third-order valence-corrected chi connectivity index (χ3v) is 3.91. The summed E-state index contributed by atoms with van der Waals surface area (Å²) < 4.78 is 5.35. The van der Waals surface area contributed by atoms with Gasteiger partial charge in [0.15, 0.2) is 12.0 Å². The van der Waals surface area contributed by atoms with Crippen LogP contribution in [-0.4, -0.2) is 24.1 Å². The molecule has 4 nitrogen and oxygen atoms in total. The lowest BCUT2D eigenvalue weighted by molar-refractivity contribution is 0.466. The Hall–Kier alpha value is -1.71. The normalized spacial score (nSPS) is 23.1. The minimum Gasteiger partial charge on any atom is -0.443 e. The molecule has 0 bridgehead atoms. The Balaban J connectivity index is 1.87. The van der Waals surface area contributed by atoms with E-state index in [2.05, 4.69) is 27.3 Å². The van der Waals surface area contributed by atoms with E-state index in [9.17, 15) is 0 Å². The van der Waals surface area contributed by atoms with E-state index in [0.717, 1.165) is 17.6 Å². The fourth-order valence-electron chi connectivity index (χ4n) is 3.03. The highest BCUT2D eigenvalue weighted by atomic mass is 16.3. The third-order valence-electron chi connectivity index (χ3n) is 3.91. The summed E-state index contributed by atoms with van der Waals surface area (Å²) in [5.41, 5.74) is 4.30. The molecule has 1 fully saturated rings. The number of fused-ring (bicyclic) bond motifs is 4. The summed E-state index contributed by atoms with van der Waals surface area (Å²) in [6.07, 6.45) is 5.46. The molecule has 0 saturated carbocycles. The number of nitrogens with one attached hydrogen (secondary N) is 1. The summed E-state index contributed by atoms with van der Waals surface area (Å²) in [6.45, 7) is 2.22. The molecule has 2 aromatic rings. The van der Waals surface area contributed by atoms with Gasteiger partial charge in [0.1, 0.15) is 5.52 Å². The summed E-state index contributed by atoms with van der Waals surface area (Å²) in [5, 5.41) is 3.51. The molecular formula is C13H15N3O. The number of piperidine rings is 1. The van der Waals surface area contributed by atoms with Crippen LogP contribution >= 0.6 is 0 Å². The van der Waals surface area contributed by atoms with Crippen LogP contribution in [0.15, 0.2) is 22.9 Å². The van der Waals surface area contributed by atoms with E-state index in [1.54, 1.807) is 0 Å². The zero-order chi connectivity index (χ0) is 11.2. The number of benzene rings is 1. The molecule has 1 atom stereocenters. The average Bonchev–Trinajstić information content (AvgIpc) is 2.83. The monoisotopic (exact) mass is 229 g/mol. The summed E-state index contributed by atoms with van der Waals surface area (Å²) in [6, 6.07) is 4.88. The molecule has 1 aromatic carbocycles. The van der Waals surface area contributed by atoms with Gasteiger partial charge in [0.25, 0.3) is 0 Å². The van der Waals surface area contributed by atoms with Crippen LogP contribution in [0.5, 0.6) is 0 Å². The Morgan fingerprint density at radius 1 is 1.35 bits per heavy atom. The fraction of sp³-hybridized carbons (Fsp3) is 0.462. The van der Waals surface area contributed by atoms with Gasteiger partial charge >= 0.3 is 0 Å². The Labute approximate surface area is 99.6 Å². The summed E-state index contributed by atoms with van der Waals surface area (Å²) in [4.78, 5) is 6.77. The average molecular weight is 229 g/mol. The number of hydrogen-bond donors (Lipinski definition) is 1. The molecule has 1 saturated heterocycles. The lowest BCUT2D eigenvalue weighted by Crippen LogP contribution is -2.46. The first-order valence-electron chi connectivity index (χ1n) is 6.29. The van der Waals surface area contributed by atoms with Crippen molar-refractivity contribution < 1.29 is 4.42 Å². The second-order valence-corrected chi connectivity index (χ2v) is 4.91. The molecule has 0 amide bonds. The molecule has 1 N–H and O–H groups in total. The molecule has 0 spiro atoms. The summed E-state index contributed by atoms with van der Waals surface area (Å²) in [5.74, 6) is 0. The molecular weight excluding hydrogens is 214 g/mol. The van der Waals surface area contributed by atoms with E-state index in [4.69, 9.17) is 4.42 Å². The van der Waals surface area contributed by atoms with Gasteiger partial charge in [-0.3, -0.25) is 0 Å². The molecule has 1 aromatic heterocycles. The van der Waals surface area contributed by atoms with Crippen molar-refractivity contribution in [2.75, 3.05) is 23.3 Å². The van der Waals surface area contributed by atoms with Gasteiger partial charge in [-0.1, -0.05) is 0 Å². The number of nitrogens with zero attached hydrogens (tertiary/aromatic N) is 2. The van der Waals surface area contributed by atoms with Crippen molar-refractivity contribution >= 4 is 22.5 Å². The maximum atomic E-state index is 5.35. The zero-order valence-corrected chi connectivity index (χ0v) is 9.65. The van der Waals surface area contributed by atoms with Crippen LogP contribution in [0.2, 0.25) is 0 Å². The summed E-state index contributed by atoms with van der Waals surface area (Å²) >= 11 is 0. The van der Waals surface area contributed by atoms with Crippen molar-refractivity contribution in [3.8, 4) is 0 Å². The Morgan fingerprint density at radius 3 is 3.35 bits per heavy atom. The molecule has 4 heteroatoms. The Morgan fingerprint density at radius 2 is 2.35 bits per heavy atom. The van der Waals surface area contributed by atoms with E-state index < -0.39 is 0 Å². The molecule has 0 aliphatic carbocycles. The van der Waals surface area contributed by atoms with Gasteiger partial charge in [-0.05, 0) is 25.3 Å². The third kappa shape index (κ3) is 1.33.